The van der Waals surface area contributed by atoms with Crippen LogP contribution in [0.4, 0.5) is 0 Å². The van der Waals surface area contributed by atoms with E-state index < -0.39 is 0 Å². The van der Waals surface area contributed by atoms with Gasteiger partial charge in [0, 0.05) is 0 Å². The quantitative estimate of drug-likeness (QED) is 0.394. The summed E-state index contributed by atoms with van der Waals surface area (Å²) in [6.07, 6.45) is 0. The fourth-order valence-corrected chi connectivity index (χ4v) is 1.46. The molecule has 0 spiro atoms. The van der Waals surface area contributed by atoms with Gasteiger partial charge < -0.3 is 21.3 Å². The average molecular weight is 392 g/mol. The predicted octanol–water partition coefficient (Wildman–Crippen LogP) is 7.15. The third-order valence-corrected chi connectivity index (χ3v) is 2.19. The molecule has 4 nitrogen and oxygen atoms in total. The van der Waals surface area contributed by atoms with Crippen molar-refractivity contribution in [2.24, 2.45) is 0 Å². The van der Waals surface area contributed by atoms with E-state index in [1.807, 2.05) is 0 Å². The van der Waals surface area contributed by atoms with Crippen molar-refractivity contribution in [3.8, 4) is 0 Å². The van der Waals surface area contributed by atoms with Crippen molar-refractivity contribution in [3.63, 3.8) is 0 Å². The molecule has 0 aromatic heterocycles. The molecule has 25 heavy (non-hydrogen) atoms. The summed E-state index contributed by atoms with van der Waals surface area (Å²) in [5.41, 5.74) is 0. The van der Waals surface area contributed by atoms with Gasteiger partial charge in [-0.1, -0.05) is 83.1 Å². The van der Waals surface area contributed by atoms with E-state index >= 15 is 0 Å². The molecule has 0 unspecified atom stereocenters. The normalized spacial score (nSPS) is 9.60. The topological polar surface area (TPSA) is 56.4 Å². The van der Waals surface area contributed by atoms with Crippen LogP contribution in [-0.2, 0) is 21.7 Å². The fraction of sp³-hybridized carbons (Fsp3) is 1.00. The minimum Gasteiger partial charge on any atom is -0.660 e. The van der Waals surface area contributed by atoms with Crippen molar-refractivity contribution >= 4 is 0 Å². The van der Waals surface area contributed by atoms with Crippen molar-refractivity contribution in [2.75, 3.05) is 26.2 Å². The van der Waals surface area contributed by atoms with Crippen LogP contribution in [-0.4, -0.2) is 50.3 Å². The monoisotopic (exact) mass is 392 g/mol. The van der Waals surface area contributed by atoms with Gasteiger partial charge in [-0.25, -0.2) is 0 Å². The molecule has 0 radical (unpaired) electrons. The third-order valence-electron chi connectivity index (χ3n) is 2.19. The van der Waals surface area contributed by atoms with Crippen molar-refractivity contribution < 1.29 is 21.7 Å². The van der Waals surface area contributed by atoms with Gasteiger partial charge >= 0.3 is 21.7 Å². The van der Waals surface area contributed by atoms with Gasteiger partial charge in [-0.3, -0.25) is 0 Å². The summed E-state index contributed by atoms with van der Waals surface area (Å²) in [5, 5.41) is 16.5. The molecule has 5 heteroatoms. The Labute approximate surface area is 176 Å². The smallest absolute Gasteiger partial charge is 0.660 e. The maximum Gasteiger partial charge on any atom is 4.00 e. The van der Waals surface area contributed by atoms with Crippen LogP contribution in [0.25, 0.3) is 21.3 Å². The van der Waals surface area contributed by atoms with Crippen LogP contribution in [0.3, 0.4) is 0 Å². The number of rotatable bonds is 8. The maximum absolute atomic E-state index is 4.12. The summed E-state index contributed by atoms with van der Waals surface area (Å²) in [5.74, 6) is 0. The van der Waals surface area contributed by atoms with Crippen LogP contribution in [0.15, 0.2) is 0 Å². The summed E-state index contributed by atoms with van der Waals surface area (Å²) in [6, 6.07) is 2.09. The molecule has 0 bridgehead atoms. The van der Waals surface area contributed by atoms with Crippen molar-refractivity contribution in [1.82, 2.24) is 0 Å². The Balaban J connectivity index is -0.0000000702. The molecule has 0 N–H and O–H groups in total. The second-order valence-electron chi connectivity index (χ2n) is 6.37. The van der Waals surface area contributed by atoms with Crippen molar-refractivity contribution in [3.05, 3.63) is 21.3 Å². The van der Waals surface area contributed by atoms with Gasteiger partial charge in [-0.2, -0.15) is 26.2 Å². The molecule has 0 rings (SSSR count). The molecule has 0 aromatic rings. The first-order chi connectivity index (χ1) is 11.1. The minimum absolute atomic E-state index is 0. The Kier molecular flexibility index (Phi) is 47.0. The summed E-state index contributed by atoms with van der Waals surface area (Å²) in [4.78, 5) is 0. The second-order valence-corrected chi connectivity index (χ2v) is 6.37. The van der Waals surface area contributed by atoms with Crippen LogP contribution in [0, 0.1) is 0 Å². The van der Waals surface area contributed by atoms with Crippen molar-refractivity contribution in [1.29, 1.82) is 0 Å². The number of nitrogens with zero attached hydrogens (tertiary/aromatic N) is 4. The number of hydrogen-bond acceptors (Lipinski definition) is 0. The molecule has 0 aliphatic carbocycles. The SMILES string of the molecule is CC[N-]C(C)C.CC[N-]C(C)C.CC[N-]C(C)C.CC[N-]C(C)C.[Ti+4]. The predicted molar refractivity (Wildman–Crippen MR) is 116 cm³/mol. The Morgan fingerprint density at radius 3 is 0.520 bits per heavy atom. The van der Waals surface area contributed by atoms with Gasteiger partial charge in [0.05, 0.1) is 0 Å². The summed E-state index contributed by atoms with van der Waals surface area (Å²) in [7, 11) is 0. The van der Waals surface area contributed by atoms with E-state index in [2.05, 4.69) is 104 Å². The molecule has 0 saturated carbocycles. The Morgan fingerprint density at radius 2 is 0.520 bits per heavy atom. The van der Waals surface area contributed by atoms with E-state index in [4.69, 9.17) is 0 Å². The van der Waals surface area contributed by atoms with Gasteiger partial charge in [-0.05, 0) is 0 Å². The first-order valence-corrected chi connectivity index (χ1v) is 9.74. The largest absolute Gasteiger partial charge is 4.00 e. The molecule has 0 aliphatic rings. The first-order valence-electron chi connectivity index (χ1n) is 9.74. The average Bonchev–Trinajstić information content (AvgIpc) is 2.39. The third kappa shape index (κ3) is 79.3. The van der Waals surface area contributed by atoms with Crippen LogP contribution in [0.2, 0.25) is 0 Å². The molecule has 0 aliphatic heterocycles. The van der Waals surface area contributed by atoms with Crippen LogP contribution in [0.1, 0.15) is 83.1 Å². The van der Waals surface area contributed by atoms with Gasteiger partial charge in [0.25, 0.3) is 0 Å². The Bertz CT molecular complexity index is 147. The van der Waals surface area contributed by atoms with Crippen LogP contribution < -0.4 is 0 Å². The van der Waals surface area contributed by atoms with E-state index in [9.17, 15) is 0 Å². The van der Waals surface area contributed by atoms with Crippen molar-refractivity contribution in [2.45, 2.75) is 107 Å². The van der Waals surface area contributed by atoms with Crippen LogP contribution >= 0.6 is 0 Å². The molecule has 0 amide bonds. The summed E-state index contributed by atoms with van der Waals surface area (Å²) in [6.45, 7) is 28.7. The molecular formula is C20H48N4Ti. The Hall–Kier alpha value is 0.554. The van der Waals surface area contributed by atoms with Gasteiger partial charge in [0.15, 0.2) is 0 Å². The van der Waals surface area contributed by atoms with E-state index in [-0.39, 0.29) is 21.7 Å². The Morgan fingerprint density at radius 1 is 0.400 bits per heavy atom. The van der Waals surface area contributed by atoms with E-state index in [0.29, 0.717) is 24.2 Å². The summed E-state index contributed by atoms with van der Waals surface area (Å²) < 4.78 is 0. The minimum atomic E-state index is 0. The zero-order valence-corrected chi connectivity index (χ0v) is 21.0. The first kappa shape index (κ1) is 36.5. The molecule has 0 saturated heterocycles. The van der Waals surface area contributed by atoms with Gasteiger partial charge in [0.1, 0.15) is 0 Å². The van der Waals surface area contributed by atoms with E-state index in [0.717, 1.165) is 26.2 Å². The zero-order chi connectivity index (χ0) is 20.0. The zero-order valence-electron chi connectivity index (χ0n) is 19.4. The van der Waals surface area contributed by atoms with Crippen LogP contribution in [0.5, 0.6) is 0 Å². The molecule has 0 heterocycles. The molecule has 152 valence electrons. The molecule has 0 aromatic carbocycles. The van der Waals surface area contributed by atoms with E-state index in [1.54, 1.807) is 0 Å². The number of hydrogen-bond donors (Lipinski definition) is 0. The van der Waals surface area contributed by atoms with Gasteiger partial charge in [-0.15, -0.1) is 24.2 Å². The van der Waals surface area contributed by atoms with Gasteiger partial charge in [0.2, 0.25) is 0 Å². The second kappa shape index (κ2) is 32.2. The fourth-order valence-electron chi connectivity index (χ4n) is 1.46. The standard InChI is InChI=1S/4C5H12N.Ti/c4*1-4-6-5(2)3;/h4*5H,4H2,1-3H3;/q4*-1;+4. The molecule has 0 atom stereocenters. The summed E-state index contributed by atoms with van der Waals surface area (Å²) >= 11 is 0. The van der Waals surface area contributed by atoms with E-state index in [1.165, 1.54) is 0 Å². The maximum atomic E-state index is 4.12. The molecule has 0 fully saturated rings. The molecular weight excluding hydrogens is 344 g/mol.